The number of carbonyl (C=O) groups is 3. The van der Waals surface area contributed by atoms with Gasteiger partial charge in [-0.3, -0.25) is 14.4 Å². The SMILES string of the molecule is O=C(CC/C=C\CC[C@H]1C(=O)C[C@@H](O)[C@@H]1OCC(O)COc1ccccc1)Oc1ccc(NC(=O)c2ccccc2)cc1. The van der Waals surface area contributed by atoms with Crippen LogP contribution < -0.4 is 14.8 Å². The van der Waals surface area contributed by atoms with Crippen LogP contribution in [0, 0.1) is 5.92 Å². The standard InChI is InChI=1S/C34H37NO8/c36-26(22-41-27-13-7-4-8-14-27)23-42-33-29(30(37)21-31(33)38)15-9-1-2-10-16-32(39)43-28-19-17-25(18-20-28)35-34(40)24-11-5-3-6-12-24/h1-8,11-14,17-20,26,29,31,33,36,38H,9-10,15-16,21-23H2,(H,35,40)/b2-1-/t26?,29-,31+,33+/m0/s1. The van der Waals surface area contributed by atoms with Crippen LogP contribution in [-0.4, -0.2) is 59.4 Å². The maximum atomic E-state index is 12.4. The molecule has 0 saturated heterocycles. The predicted molar refractivity (Wildman–Crippen MR) is 161 cm³/mol. The summed E-state index contributed by atoms with van der Waals surface area (Å²) in [6.45, 7) is -0.0176. The third-order valence-electron chi connectivity index (χ3n) is 6.97. The van der Waals surface area contributed by atoms with Crippen LogP contribution in [0.1, 0.15) is 42.5 Å². The van der Waals surface area contributed by atoms with Gasteiger partial charge in [0, 0.05) is 30.0 Å². The fourth-order valence-electron chi connectivity index (χ4n) is 4.75. The average Bonchev–Trinajstić information content (AvgIpc) is 3.29. The molecule has 0 aliphatic heterocycles. The summed E-state index contributed by atoms with van der Waals surface area (Å²) in [6.07, 6.45) is 3.02. The van der Waals surface area contributed by atoms with Crippen molar-refractivity contribution in [1.29, 1.82) is 0 Å². The van der Waals surface area contributed by atoms with Gasteiger partial charge < -0.3 is 29.7 Å². The van der Waals surface area contributed by atoms with Gasteiger partial charge in [-0.2, -0.15) is 0 Å². The highest BCUT2D eigenvalue weighted by molar-refractivity contribution is 6.04. The molecule has 0 bridgehead atoms. The first-order chi connectivity index (χ1) is 20.9. The molecule has 1 unspecified atom stereocenters. The highest BCUT2D eigenvalue weighted by atomic mass is 16.5. The van der Waals surface area contributed by atoms with E-state index in [9.17, 15) is 24.6 Å². The Bertz CT molecular complexity index is 1340. The van der Waals surface area contributed by atoms with E-state index in [4.69, 9.17) is 14.2 Å². The van der Waals surface area contributed by atoms with Crippen molar-refractivity contribution in [2.75, 3.05) is 18.5 Å². The minimum absolute atomic E-state index is 0.0296. The maximum Gasteiger partial charge on any atom is 0.311 e. The largest absolute Gasteiger partial charge is 0.491 e. The highest BCUT2D eigenvalue weighted by Crippen LogP contribution is 2.30. The van der Waals surface area contributed by atoms with E-state index in [1.54, 1.807) is 60.7 Å². The van der Waals surface area contributed by atoms with Gasteiger partial charge in [-0.1, -0.05) is 48.6 Å². The van der Waals surface area contributed by atoms with E-state index in [1.807, 2.05) is 36.4 Å². The van der Waals surface area contributed by atoms with E-state index >= 15 is 0 Å². The highest BCUT2D eigenvalue weighted by Gasteiger charge is 2.42. The molecule has 4 atom stereocenters. The van der Waals surface area contributed by atoms with Crippen molar-refractivity contribution in [3.8, 4) is 11.5 Å². The second-order valence-electron chi connectivity index (χ2n) is 10.3. The second-order valence-corrected chi connectivity index (χ2v) is 10.3. The number of benzene rings is 3. The van der Waals surface area contributed by atoms with Gasteiger partial charge in [-0.15, -0.1) is 0 Å². The summed E-state index contributed by atoms with van der Waals surface area (Å²) < 4.78 is 16.7. The summed E-state index contributed by atoms with van der Waals surface area (Å²) in [5, 5.41) is 23.3. The maximum absolute atomic E-state index is 12.4. The van der Waals surface area contributed by atoms with E-state index in [-0.39, 0.29) is 43.7 Å². The van der Waals surface area contributed by atoms with Crippen LogP contribution in [0.5, 0.6) is 11.5 Å². The number of Topliss-reactive ketones (excluding diaryl/α,β-unsaturated/α-hetero) is 1. The topological polar surface area (TPSA) is 131 Å². The number of esters is 1. The van der Waals surface area contributed by atoms with E-state index in [1.165, 1.54) is 0 Å². The molecule has 1 aliphatic rings. The lowest BCUT2D eigenvalue weighted by molar-refractivity contribution is -0.134. The first kappa shape index (κ1) is 31.6. The Morgan fingerprint density at radius 3 is 2.28 bits per heavy atom. The molecular weight excluding hydrogens is 550 g/mol. The van der Waals surface area contributed by atoms with Gasteiger partial charge >= 0.3 is 5.97 Å². The summed E-state index contributed by atoms with van der Waals surface area (Å²) in [5.41, 5.74) is 1.14. The number of aliphatic hydroxyl groups is 2. The smallest absolute Gasteiger partial charge is 0.311 e. The summed E-state index contributed by atoms with van der Waals surface area (Å²) in [7, 11) is 0. The van der Waals surface area contributed by atoms with Gasteiger partial charge in [0.15, 0.2) is 0 Å². The van der Waals surface area contributed by atoms with Crippen molar-refractivity contribution in [3.05, 3.63) is 103 Å². The third-order valence-corrected chi connectivity index (χ3v) is 6.97. The zero-order chi connectivity index (χ0) is 30.4. The number of rotatable bonds is 15. The van der Waals surface area contributed by atoms with E-state index in [0.717, 1.165) is 0 Å². The molecule has 1 aliphatic carbocycles. The van der Waals surface area contributed by atoms with Crippen molar-refractivity contribution >= 4 is 23.3 Å². The van der Waals surface area contributed by atoms with Crippen LogP contribution in [0.2, 0.25) is 0 Å². The molecule has 9 nitrogen and oxygen atoms in total. The molecular formula is C34H37NO8. The minimum Gasteiger partial charge on any atom is -0.491 e. The zero-order valence-electron chi connectivity index (χ0n) is 23.8. The van der Waals surface area contributed by atoms with Gasteiger partial charge in [0.05, 0.1) is 18.8 Å². The van der Waals surface area contributed by atoms with Crippen LogP contribution in [0.25, 0.3) is 0 Å². The zero-order valence-corrected chi connectivity index (χ0v) is 23.8. The molecule has 1 saturated carbocycles. The number of nitrogens with one attached hydrogen (secondary N) is 1. The average molecular weight is 588 g/mol. The fraction of sp³-hybridized carbons (Fsp3) is 0.324. The molecule has 1 amide bonds. The molecule has 0 spiro atoms. The summed E-state index contributed by atoms with van der Waals surface area (Å²) in [5.74, 6) is -0.119. The summed E-state index contributed by atoms with van der Waals surface area (Å²) >= 11 is 0. The van der Waals surface area contributed by atoms with Gasteiger partial charge in [0.2, 0.25) is 0 Å². The number of ether oxygens (including phenoxy) is 3. The summed E-state index contributed by atoms with van der Waals surface area (Å²) in [6, 6.07) is 24.6. The van der Waals surface area contributed by atoms with Gasteiger partial charge in [-0.05, 0) is 67.8 Å². The molecule has 1 fully saturated rings. The number of para-hydroxylation sites is 1. The van der Waals surface area contributed by atoms with Crippen molar-refractivity contribution < 1.29 is 38.8 Å². The van der Waals surface area contributed by atoms with Gasteiger partial charge in [0.25, 0.3) is 5.91 Å². The number of hydrogen-bond donors (Lipinski definition) is 3. The van der Waals surface area contributed by atoms with Crippen molar-refractivity contribution in [2.24, 2.45) is 5.92 Å². The lowest BCUT2D eigenvalue weighted by Crippen LogP contribution is -2.34. The van der Waals surface area contributed by atoms with E-state index < -0.39 is 24.2 Å². The van der Waals surface area contributed by atoms with E-state index in [0.29, 0.717) is 42.0 Å². The Morgan fingerprint density at radius 2 is 1.56 bits per heavy atom. The number of allylic oxidation sites excluding steroid dienone is 2. The molecule has 3 aromatic carbocycles. The van der Waals surface area contributed by atoms with Gasteiger partial charge in [0.1, 0.15) is 30.0 Å². The van der Waals surface area contributed by atoms with Crippen LogP contribution in [0.3, 0.4) is 0 Å². The first-order valence-corrected chi connectivity index (χ1v) is 14.4. The van der Waals surface area contributed by atoms with Crippen molar-refractivity contribution in [1.82, 2.24) is 0 Å². The lowest BCUT2D eigenvalue weighted by Gasteiger charge is -2.23. The Morgan fingerprint density at radius 1 is 0.884 bits per heavy atom. The second kappa shape index (κ2) is 16.4. The van der Waals surface area contributed by atoms with Crippen molar-refractivity contribution in [3.63, 3.8) is 0 Å². The third kappa shape index (κ3) is 10.2. The number of hydrogen-bond acceptors (Lipinski definition) is 8. The van der Waals surface area contributed by atoms with E-state index in [2.05, 4.69) is 5.32 Å². The Hall–Kier alpha value is -4.31. The summed E-state index contributed by atoms with van der Waals surface area (Å²) in [4.78, 5) is 36.9. The van der Waals surface area contributed by atoms with Crippen molar-refractivity contribution in [2.45, 2.75) is 50.4 Å². The van der Waals surface area contributed by atoms with Crippen LogP contribution in [0.4, 0.5) is 5.69 Å². The molecule has 0 aromatic heterocycles. The molecule has 0 heterocycles. The number of carbonyl (C=O) groups excluding carboxylic acids is 3. The normalized spacial score (nSPS) is 18.8. The molecule has 3 aromatic rings. The number of ketones is 1. The number of amides is 1. The molecule has 226 valence electrons. The Kier molecular flexibility index (Phi) is 12.0. The first-order valence-electron chi connectivity index (χ1n) is 14.4. The molecule has 0 radical (unpaired) electrons. The molecule has 3 N–H and O–H groups in total. The number of anilines is 1. The molecule has 43 heavy (non-hydrogen) atoms. The molecule has 9 heteroatoms. The van der Waals surface area contributed by atoms with Crippen LogP contribution in [0.15, 0.2) is 97.1 Å². The quantitative estimate of drug-likeness (QED) is 0.132. The predicted octanol–water partition coefficient (Wildman–Crippen LogP) is 4.74. The molecule has 4 rings (SSSR count). The fourth-order valence-corrected chi connectivity index (χ4v) is 4.75. The number of aliphatic hydroxyl groups excluding tert-OH is 2. The van der Waals surface area contributed by atoms with Crippen LogP contribution >= 0.6 is 0 Å². The Labute approximate surface area is 251 Å². The monoisotopic (exact) mass is 587 g/mol. The van der Waals surface area contributed by atoms with Gasteiger partial charge in [-0.25, -0.2) is 0 Å². The van der Waals surface area contributed by atoms with Crippen LogP contribution in [-0.2, 0) is 14.3 Å². The minimum atomic E-state index is -0.910. The lowest BCUT2D eigenvalue weighted by atomic mass is 9.98. The Balaban J connectivity index is 1.12.